The Balaban J connectivity index is 2.12. The molecule has 0 aliphatic rings. The van der Waals surface area contributed by atoms with Crippen LogP contribution < -0.4 is 5.32 Å². The number of aromatic amines is 1. The number of aromatic nitrogens is 2. The van der Waals surface area contributed by atoms with E-state index in [1.165, 1.54) is 5.56 Å². The summed E-state index contributed by atoms with van der Waals surface area (Å²) in [6, 6.07) is 8.44. The Morgan fingerprint density at radius 3 is 2.81 bits per heavy atom. The number of rotatable bonds is 3. The van der Waals surface area contributed by atoms with E-state index in [0.29, 0.717) is 0 Å². The van der Waals surface area contributed by atoms with Crippen LogP contribution in [-0.4, -0.2) is 10.2 Å². The zero-order valence-electron chi connectivity index (χ0n) is 9.29. The average Bonchev–Trinajstić information content (AvgIpc) is 2.77. The molecule has 0 aliphatic heterocycles. The van der Waals surface area contributed by atoms with E-state index < -0.39 is 0 Å². The van der Waals surface area contributed by atoms with Crippen LogP contribution in [0.5, 0.6) is 0 Å². The molecule has 0 amide bonds. The van der Waals surface area contributed by atoms with Crippen LogP contribution in [0.3, 0.4) is 0 Å². The molecular weight excluding hydrogens is 266 g/mol. The SMILES string of the molecule is Cc1cc(NC(C)c2ccn[nH]2)ccc1Br. The third-order valence-electron chi connectivity index (χ3n) is 2.53. The van der Waals surface area contributed by atoms with Crippen LogP contribution in [0.15, 0.2) is 34.9 Å². The highest BCUT2D eigenvalue weighted by Crippen LogP contribution is 2.23. The maximum atomic E-state index is 3.94. The smallest absolute Gasteiger partial charge is 0.0651 e. The average molecular weight is 280 g/mol. The molecular formula is C12H14BrN3. The lowest BCUT2D eigenvalue weighted by Crippen LogP contribution is -2.07. The molecule has 1 unspecified atom stereocenters. The topological polar surface area (TPSA) is 40.7 Å². The number of halogens is 1. The molecule has 0 aliphatic carbocycles. The number of anilines is 1. The number of benzene rings is 1. The summed E-state index contributed by atoms with van der Waals surface area (Å²) < 4.78 is 1.13. The van der Waals surface area contributed by atoms with Crippen molar-refractivity contribution < 1.29 is 0 Å². The van der Waals surface area contributed by atoms with Crippen LogP contribution in [0.4, 0.5) is 5.69 Å². The van der Waals surface area contributed by atoms with E-state index in [0.717, 1.165) is 15.9 Å². The molecule has 1 aromatic heterocycles. The lowest BCUT2D eigenvalue weighted by atomic mass is 10.2. The maximum absolute atomic E-state index is 3.94. The minimum Gasteiger partial charge on any atom is -0.377 e. The van der Waals surface area contributed by atoms with Gasteiger partial charge < -0.3 is 5.32 Å². The van der Waals surface area contributed by atoms with Crippen molar-refractivity contribution in [2.75, 3.05) is 5.32 Å². The van der Waals surface area contributed by atoms with Crippen LogP contribution in [0.1, 0.15) is 24.2 Å². The van der Waals surface area contributed by atoms with Gasteiger partial charge in [-0.05, 0) is 43.7 Å². The zero-order valence-corrected chi connectivity index (χ0v) is 10.9. The van der Waals surface area contributed by atoms with Crippen molar-refractivity contribution >= 4 is 21.6 Å². The summed E-state index contributed by atoms with van der Waals surface area (Å²) in [5.74, 6) is 0. The summed E-state index contributed by atoms with van der Waals surface area (Å²) in [6.07, 6.45) is 1.76. The molecule has 0 fully saturated rings. The minimum absolute atomic E-state index is 0.225. The van der Waals surface area contributed by atoms with Crippen LogP contribution in [0, 0.1) is 6.92 Å². The molecule has 1 heterocycles. The molecule has 16 heavy (non-hydrogen) atoms. The van der Waals surface area contributed by atoms with E-state index in [4.69, 9.17) is 0 Å². The summed E-state index contributed by atoms with van der Waals surface area (Å²) in [5.41, 5.74) is 3.42. The summed E-state index contributed by atoms with van der Waals surface area (Å²) in [4.78, 5) is 0. The van der Waals surface area contributed by atoms with E-state index in [1.54, 1.807) is 6.20 Å². The summed E-state index contributed by atoms with van der Waals surface area (Å²) >= 11 is 3.49. The van der Waals surface area contributed by atoms with Crippen LogP contribution in [0.25, 0.3) is 0 Å². The van der Waals surface area contributed by atoms with Gasteiger partial charge in [-0.2, -0.15) is 5.10 Å². The van der Waals surface area contributed by atoms with E-state index >= 15 is 0 Å². The van der Waals surface area contributed by atoms with Crippen molar-refractivity contribution in [3.63, 3.8) is 0 Å². The second-order valence-electron chi connectivity index (χ2n) is 3.84. The monoisotopic (exact) mass is 279 g/mol. The van der Waals surface area contributed by atoms with Crippen molar-refractivity contribution in [3.05, 3.63) is 46.2 Å². The van der Waals surface area contributed by atoms with Gasteiger partial charge in [-0.15, -0.1) is 0 Å². The second kappa shape index (κ2) is 4.70. The summed E-state index contributed by atoms with van der Waals surface area (Å²) in [5, 5.41) is 10.3. The first-order valence-electron chi connectivity index (χ1n) is 5.19. The highest BCUT2D eigenvalue weighted by atomic mass is 79.9. The fraction of sp³-hybridized carbons (Fsp3) is 0.250. The van der Waals surface area contributed by atoms with Gasteiger partial charge in [0.2, 0.25) is 0 Å². The first-order chi connectivity index (χ1) is 7.66. The maximum Gasteiger partial charge on any atom is 0.0651 e. The largest absolute Gasteiger partial charge is 0.377 e. The van der Waals surface area contributed by atoms with E-state index in [9.17, 15) is 0 Å². The molecule has 0 radical (unpaired) electrons. The van der Waals surface area contributed by atoms with Gasteiger partial charge in [0.15, 0.2) is 0 Å². The standard InChI is InChI=1S/C12H14BrN3/c1-8-7-10(3-4-11(8)13)15-9(2)12-5-6-14-16-12/h3-7,9,15H,1-2H3,(H,14,16). The van der Waals surface area contributed by atoms with Crippen LogP contribution >= 0.6 is 15.9 Å². The normalized spacial score (nSPS) is 12.4. The molecule has 1 atom stereocenters. The molecule has 0 bridgehead atoms. The van der Waals surface area contributed by atoms with Gasteiger partial charge in [0.25, 0.3) is 0 Å². The Labute approximate surface area is 103 Å². The molecule has 2 N–H and O–H groups in total. The molecule has 2 rings (SSSR count). The molecule has 0 saturated carbocycles. The van der Waals surface area contributed by atoms with Crippen LogP contribution in [-0.2, 0) is 0 Å². The molecule has 1 aromatic carbocycles. The Morgan fingerprint density at radius 1 is 1.38 bits per heavy atom. The fourth-order valence-corrected chi connectivity index (χ4v) is 1.82. The van der Waals surface area contributed by atoms with Crippen molar-refractivity contribution in [1.29, 1.82) is 0 Å². The van der Waals surface area contributed by atoms with Crippen LogP contribution in [0.2, 0.25) is 0 Å². The highest BCUT2D eigenvalue weighted by Gasteiger charge is 2.06. The van der Waals surface area contributed by atoms with Crippen molar-refractivity contribution in [2.24, 2.45) is 0 Å². The molecule has 3 nitrogen and oxygen atoms in total. The number of H-pyrrole nitrogens is 1. The third kappa shape index (κ3) is 2.44. The number of aryl methyl sites for hydroxylation is 1. The Morgan fingerprint density at radius 2 is 2.19 bits per heavy atom. The molecule has 2 aromatic rings. The number of hydrogen-bond donors (Lipinski definition) is 2. The number of nitrogens with zero attached hydrogens (tertiary/aromatic N) is 1. The fourth-order valence-electron chi connectivity index (χ4n) is 1.57. The van der Waals surface area contributed by atoms with Gasteiger partial charge in [0, 0.05) is 16.4 Å². The van der Waals surface area contributed by atoms with Gasteiger partial charge in [0.05, 0.1) is 11.7 Å². The Hall–Kier alpha value is -1.29. The zero-order chi connectivity index (χ0) is 11.5. The van der Waals surface area contributed by atoms with Crippen molar-refractivity contribution in [1.82, 2.24) is 10.2 Å². The van der Waals surface area contributed by atoms with Gasteiger partial charge in [-0.3, -0.25) is 5.10 Å². The summed E-state index contributed by atoms with van der Waals surface area (Å²) in [6.45, 7) is 4.18. The molecule has 0 spiro atoms. The molecule has 84 valence electrons. The van der Waals surface area contributed by atoms with E-state index in [1.807, 2.05) is 6.07 Å². The van der Waals surface area contributed by atoms with Gasteiger partial charge in [0.1, 0.15) is 0 Å². The van der Waals surface area contributed by atoms with E-state index in [2.05, 4.69) is 63.5 Å². The summed E-state index contributed by atoms with van der Waals surface area (Å²) in [7, 11) is 0. The Bertz CT molecular complexity index is 465. The van der Waals surface area contributed by atoms with Crippen molar-refractivity contribution in [2.45, 2.75) is 19.9 Å². The quantitative estimate of drug-likeness (QED) is 0.900. The van der Waals surface area contributed by atoms with Gasteiger partial charge in [-0.25, -0.2) is 0 Å². The molecule has 0 saturated heterocycles. The predicted molar refractivity (Wildman–Crippen MR) is 69.5 cm³/mol. The van der Waals surface area contributed by atoms with Gasteiger partial charge in [-0.1, -0.05) is 15.9 Å². The minimum atomic E-state index is 0.225. The van der Waals surface area contributed by atoms with Gasteiger partial charge >= 0.3 is 0 Å². The number of hydrogen-bond acceptors (Lipinski definition) is 2. The number of nitrogens with one attached hydrogen (secondary N) is 2. The Kier molecular flexibility index (Phi) is 3.29. The molecule has 4 heteroatoms. The third-order valence-corrected chi connectivity index (χ3v) is 3.42. The first-order valence-corrected chi connectivity index (χ1v) is 5.98. The second-order valence-corrected chi connectivity index (χ2v) is 4.70. The predicted octanol–water partition coefficient (Wildman–Crippen LogP) is 3.65. The lowest BCUT2D eigenvalue weighted by molar-refractivity contribution is 0.825. The highest BCUT2D eigenvalue weighted by molar-refractivity contribution is 9.10. The van der Waals surface area contributed by atoms with Crippen molar-refractivity contribution in [3.8, 4) is 0 Å². The lowest BCUT2D eigenvalue weighted by Gasteiger charge is -2.14. The first kappa shape index (κ1) is 11.2. The van der Waals surface area contributed by atoms with E-state index in [-0.39, 0.29) is 6.04 Å².